The van der Waals surface area contributed by atoms with E-state index in [1.807, 2.05) is 24.3 Å². The van der Waals surface area contributed by atoms with Gasteiger partial charge in [-0.05, 0) is 68.7 Å². The Bertz CT molecular complexity index is 1200. The molecule has 1 N–H and O–H groups in total. The van der Waals surface area contributed by atoms with E-state index >= 15 is 0 Å². The molecule has 2 atom stereocenters. The highest BCUT2D eigenvalue weighted by Gasteiger charge is 2.35. The highest BCUT2D eigenvalue weighted by atomic mass is 19.2. The van der Waals surface area contributed by atoms with Crippen molar-refractivity contribution in [2.75, 3.05) is 32.1 Å². The van der Waals surface area contributed by atoms with E-state index in [0.29, 0.717) is 56.9 Å². The second-order valence-electron chi connectivity index (χ2n) is 9.70. The molecule has 0 radical (unpaired) electrons. The van der Waals surface area contributed by atoms with Crippen LogP contribution in [0.3, 0.4) is 0 Å². The number of nitrogens with one attached hydrogen (secondary N) is 1. The second-order valence-corrected chi connectivity index (χ2v) is 9.70. The fourth-order valence-corrected chi connectivity index (χ4v) is 5.28. The van der Waals surface area contributed by atoms with Crippen molar-refractivity contribution in [3.05, 3.63) is 58.9 Å². The number of likely N-dealkylation sites (tertiary alicyclic amines) is 1. The summed E-state index contributed by atoms with van der Waals surface area (Å²) in [6, 6.07) is 8.07. The maximum atomic E-state index is 14.7. The highest BCUT2D eigenvalue weighted by molar-refractivity contribution is 5.95. The molecule has 1 saturated heterocycles. The van der Waals surface area contributed by atoms with E-state index in [4.69, 9.17) is 9.47 Å². The molecule has 2 amide bonds. The lowest BCUT2D eigenvalue weighted by molar-refractivity contribution is -0.145. The van der Waals surface area contributed by atoms with Gasteiger partial charge in [-0.2, -0.15) is 4.39 Å². The number of amides is 2. The molecule has 10 heteroatoms. The molecule has 2 aliphatic rings. The molecule has 7 nitrogen and oxygen atoms in total. The molecule has 2 fully saturated rings. The average Bonchev–Trinajstić information content (AvgIpc) is 3.43. The topological polar surface area (TPSA) is 84.9 Å². The molecular weight excluding hydrogens is 501 g/mol. The van der Waals surface area contributed by atoms with Crippen molar-refractivity contribution in [3.63, 3.8) is 0 Å². The van der Waals surface area contributed by atoms with Crippen molar-refractivity contribution in [1.29, 1.82) is 0 Å². The van der Waals surface area contributed by atoms with Crippen LogP contribution in [0.2, 0.25) is 0 Å². The van der Waals surface area contributed by atoms with Crippen molar-refractivity contribution in [2.24, 2.45) is 11.8 Å². The van der Waals surface area contributed by atoms with Gasteiger partial charge < -0.3 is 19.7 Å². The van der Waals surface area contributed by atoms with Crippen LogP contribution in [0.5, 0.6) is 5.75 Å². The molecule has 0 bridgehead atoms. The van der Waals surface area contributed by atoms with Gasteiger partial charge in [0.1, 0.15) is 0 Å². The largest absolute Gasteiger partial charge is 0.488 e. The Morgan fingerprint density at radius 3 is 2.26 bits per heavy atom. The first-order chi connectivity index (χ1) is 18.2. The Labute approximate surface area is 219 Å². The van der Waals surface area contributed by atoms with Gasteiger partial charge in [-0.3, -0.25) is 14.4 Å². The number of halogens is 3. The van der Waals surface area contributed by atoms with E-state index in [0.717, 1.165) is 5.56 Å². The fraction of sp³-hybridized carbons (Fsp3) is 0.464. The lowest BCUT2D eigenvalue weighted by Gasteiger charge is -2.32. The van der Waals surface area contributed by atoms with Gasteiger partial charge in [-0.25, -0.2) is 8.78 Å². The highest BCUT2D eigenvalue weighted by Crippen LogP contribution is 2.34. The van der Waals surface area contributed by atoms with Crippen LogP contribution in [-0.2, 0) is 14.3 Å². The van der Waals surface area contributed by atoms with Crippen molar-refractivity contribution in [1.82, 2.24) is 4.90 Å². The zero-order valence-corrected chi connectivity index (χ0v) is 21.4. The monoisotopic (exact) mass is 532 g/mol. The number of carbonyl (C=O) groups is 3. The minimum absolute atomic E-state index is 0.0742. The van der Waals surface area contributed by atoms with Crippen LogP contribution in [0.15, 0.2) is 30.3 Å². The molecule has 38 heavy (non-hydrogen) atoms. The summed E-state index contributed by atoms with van der Waals surface area (Å²) in [4.78, 5) is 38.6. The summed E-state index contributed by atoms with van der Waals surface area (Å²) in [6.07, 6.45) is 2.98. The van der Waals surface area contributed by atoms with Crippen LogP contribution >= 0.6 is 0 Å². The van der Waals surface area contributed by atoms with E-state index in [1.165, 1.54) is 18.9 Å². The minimum Gasteiger partial charge on any atom is -0.488 e. The Balaban J connectivity index is 1.33. The quantitative estimate of drug-likeness (QED) is 0.399. The predicted molar refractivity (Wildman–Crippen MR) is 133 cm³/mol. The Kier molecular flexibility index (Phi) is 8.58. The molecule has 2 aromatic rings. The van der Waals surface area contributed by atoms with E-state index in [-0.39, 0.29) is 36.2 Å². The lowest BCUT2D eigenvalue weighted by Crippen LogP contribution is -2.38. The number of hydrogen-bond donors (Lipinski definition) is 1. The van der Waals surface area contributed by atoms with Gasteiger partial charge in [-0.15, -0.1) is 0 Å². The van der Waals surface area contributed by atoms with E-state index < -0.39 is 34.7 Å². The lowest BCUT2D eigenvalue weighted by atomic mass is 9.89. The molecule has 2 aromatic carbocycles. The van der Waals surface area contributed by atoms with Crippen molar-refractivity contribution in [2.45, 2.75) is 44.9 Å². The zero-order valence-electron chi connectivity index (χ0n) is 21.4. The molecular formula is C28H31F3N2O5. The van der Waals surface area contributed by atoms with Crippen LogP contribution in [0.1, 0.15) is 60.9 Å². The number of esters is 1. The number of hydrogen-bond acceptors (Lipinski definition) is 5. The molecule has 1 saturated carbocycles. The van der Waals surface area contributed by atoms with Crippen molar-refractivity contribution < 1.29 is 37.0 Å². The molecule has 2 unspecified atom stereocenters. The number of nitrogens with zero attached hydrogens (tertiary/aromatic N) is 1. The van der Waals surface area contributed by atoms with Crippen molar-refractivity contribution >= 4 is 23.5 Å². The van der Waals surface area contributed by atoms with Gasteiger partial charge in [0, 0.05) is 24.7 Å². The van der Waals surface area contributed by atoms with Gasteiger partial charge in [-0.1, -0.05) is 12.1 Å². The normalized spacial score (nSPS) is 19.8. The summed E-state index contributed by atoms with van der Waals surface area (Å²) < 4.78 is 52.3. The van der Waals surface area contributed by atoms with Crippen LogP contribution in [-0.4, -0.2) is 49.5 Å². The van der Waals surface area contributed by atoms with Gasteiger partial charge in [0.05, 0.1) is 25.2 Å². The third-order valence-electron chi connectivity index (χ3n) is 7.40. The van der Waals surface area contributed by atoms with Crippen LogP contribution in [0.4, 0.5) is 18.9 Å². The number of benzene rings is 2. The third kappa shape index (κ3) is 5.79. The summed E-state index contributed by atoms with van der Waals surface area (Å²) >= 11 is 0. The number of anilines is 1. The summed E-state index contributed by atoms with van der Waals surface area (Å²) in [7, 11) is 1.35. The number of carbonyl (C=O) groups excluding carboxylic acids is 3. The molecule has 204 valence electrons. The van der Waals surface area contributed by atoms with Crippen LogP contribution < -0.4 is 10.1 Å². The summed E-state index contributed by atoms with van der Waals surface area (Å²) in [6.45, 7) is 2.09. The minimum atomic E-state index is -1.45. The van der Waals surface area contributed by atoms with Crippen LogP contribution in [0.25, 0.3) is 0 Å². The maximum Gasteiger partial charge on any atom is 0.308 e. The SMILES string of the molecule is CCOc1c(F)c(F)cc(C(=O)N2CCC(c3ccc(NC(=O)C4CCC(C(=O)OC)C4)cc3)CC2)c1F. The van der Waals surface area contributed by atoms with E-state index in [2.05, 4.69) is 5.32 Å². The first kappa shape index (κ1) is 27.5. The zero-order chi connectivity index (χ0) is 27.4. The van der Waals surface area contributed by atoms with Crippen LogP contribution in [0, 0.1) is 29.3 Å². The van der Waals surface area contributed by atoms with Gasteiger partial charge in [0.2, 0.25) is 11.7 Å². The molecule has 0 aromatic heterocycles. The second kappa shape index (κ2) is 11.9. The fourth-order valence-electron chi connectivity index (χ4n) is 5.28. The van der Waals surface area contributed by atoms with Gasteiger partial charge in [0.25, 0.3) is 5.91 Å². The number of rotatable bonds is 7. The Hall–Kier alpha value is -3.56. The number of ether oxygens (including phenoxy) is 2. The Morgan fingerprint density at radius 2 is 1.63 bits per heavy atom. The summed E-state index contributed by atoms with van der Waals surface area (Å²) in [5, 5.41) is 2.91. The summed E-state index contributed by atoms with van der Waals surface area (Å²) in [5.41, 5.74) is 1.15. The van der Waals surface area contributed by atoms with E-state index in [1.54, 1.807) is 0 Å². The van der Waals surface area contributed by atoms with E-state index in [9.17, 15) is 27.6 Å². The maximum absolute atomic E-state index is 14.7. The average molecular weight is 533 g/mol. The summed E-state index contributed by atoms with van der Waals surface area (Å²) in [5.74, 6) is -6.29. The number of methoxy groups -OCH3 is 1. The molecule has 1 heterocycles. The molecule has 0 spiro atoms. The molecule has 1 aliphatic carbocycles. The first-order valence-electron chi connectivity index (χ1n) is 12.8. The number of piperidine rings is 1. The smallest absolute Gasteiger partial charge is 0.308 e. The standard InChI is InChI=1S/C28H31F3N2O5/c1-3-38-25-23(30)21(15-22(29)24(25)31)27(35)33-12-10-17(11-13-33)16-6-8-20(9-7-16)32-26(34)18-4-5-19(14-18)28(36)37-2/h6-9,15,17-19H,3-5,10-14H2,1-2H3,(H,32,34). The Morgan fingerprint density at radius 1 is 0.974 bits per heavy atom. The molecule has 4 rings (SSSR count). The van der Waals surface area contributed by atoms with Gasteiger partial charge >= 0.3 is 5.97 Å². The first-order valence-corrected chi connectivity index (χ1v) is 12.8. The van der Waals surface area contributed by atoms with Crippen molar-refractivity contribution in [3.8, 4) is 5.75 Å². The van der Waals surface area contributed by atoms with Gasteiger partial charge in [0.15, 0.2) is 17.4 Å². The molecule has 1 aliphatic heterocycles. The predicted octanol–water partition coefficient (Wildman–Crippen LogP) is 5.05. The third-order valence-corrected chi connectivity index (χ3v) is 7.40.